The predicted molar refractivity (Wildman–Crippen MR) is 53.6 cm³/mol. The standard InChI is InChI=1S/C10H14N2/c11-7-2-1-4-9-5-3-6-10(12)8-9/h1,3-6,8H,2,7,11-12H2/b4-1+. The van der Waals surface area contributed by atoms with Crippen LogP contribution in [0.2, 0.25) is 0 Å². The SMILES string of the molecule is NCC/C=C/c1cccc(N)c1. The number of hydrogen-bond acceptors (Lipinski definition) is 2. The third-order valence-corrected chi connectivity index (χ3v) is 1.55. The zero-order valence-corrected chi connectivity index (χ0v) is 7.03. The molecule has 2 nitrogen and oxygen atoms in total. The summed E-state index contributed by atoms with van der Waals surface area (Å²) in [4.78, 5) is 0. The molecule has 1 aromatic carbocycles. The first-order valence-electron chi connectivity index (χ1n) is 4.05. The Morgan fingerprint density at radius 2 is 2.17 bits per heavy atom. The first-order valence-corrected chi connectivity index (χ1v) is 4.05. The van der Waals surface area contributed by atoms with E-state index in [-0.39, 0.29) is 0 Å². The molecule has 0 radical (unpaired) electrons. The molecule has 64 valence electrons. The van der Waals surface area contributed by atoms with Crippen LogP contribution in [0.1, 0.15) is 12.0 Å². The second-order valence-electron chi connectivity index (χ2n) is 2.65. The molecule has 0 amide bonds. The van der Waals surface area contributed by atoms with Crippen LogP contribution >= 0.6 is 0 Å². The Kier molecular flexibility index (Phi) is 3.35. The van der Waals surface area contributed by atoms with E-state index in [9.17, 15) is 0 Å². The lowest BCUT2D eigenvalue weighted by Gasteiger charge is -1.94. The van der Waals surface area contributed by atoms with Gasteiger partial charge >= 0.3 is 0 Å². The van der Waals surface area contributed by atoms with Gasteiger partial charge in [0, 0.05) is 5.69 Å². The Morgan fingerprint density at radius 1 is 1.33 bits per heavy atom. The lowest BCUT2D eigenvalue weighted by molar-refractivity contribution is 1.01. The van der Waals surface area contributed by atoms with Crippen molar-refractivity contribution in [1.29, 1.82) is 0 Å². The first kappa shape index (κ1) is 8.81. The summed E-state index contributed by atoms with van der Waals surface area (Å²) in [5, 5.41) is 0. The molecule has 2 heteroatoms. The molecule has 0 bridgehead atoms. The van der Waals surface area contributed by atoms with E-state index in [4.69, 9.17) is 11.5 Å². The number of nitrogen functional groups attached to an aromatic ring is 1. The van der Waals surface area contributed by atoms with Gasteiger partial charge in [-0.25, -0.2) is 0 Å². The number of anilines is 1. The molecule has 0 fully saturated rings. The maximum Gasteiger partial charge on any atom is 0.0319 e. The van der Waals surface area contributed by atoms with Crippen LogP contribution in [0.5, 0.6) is 0 Å². The molecule has 1 rings (SSSR count). The van der Waals surface area contributed by atoms with Gasteiger partial charge in [-0.1, -0.05) is 24.3 Å². The molecular formula is C10H14N2. The molecule has 0 atom stereocenters. The number of hydrogen-bond donors (Lipinski definition) is 2. The van der Waals surface area contributed by atoms with Crippen LogP contribution in [-0.4, -0.2) is 6.54 Å². The van der Waals surface area contributed by atoms with Gasteiger partial charge in [-0.3, -0.25) is 0 Å². The lowest BCUT2D eigenvalue weighted by atomic mass is 10.2. The molecule has 0 aliphatic rings. The van der Waals surface area contributed by atoms with Gasteiger partial charge in [0.15, 0.2) is 0 Å². The zero-order chi connectivity index (χ0) is 8.81. The quantitative estimate of drug-likeness (QED) is 0.664. The highest BCUT2D eigenvalue weighted by Gasteiger charge is 1.86. The summed E-state index contributed by atoms with van der Waals surface area (Å²) in [6, 6.07) is 7.77. The molecule has 0 saturated carbocycles. The van der Waals surface area contributed by atoms with Crippen molar-refractivity contribution >= 4 is 11.8 Å². The van der Waals surface area contributed by atoms with Crippen LogP contribution in [0.3, 0.4) is 0 Å². The maximum atomic E-state index is 5.60. The average Bonchev–Trinajstić information content (AvgIpc) is 2.05. The fraction of sp³-hybridized carbons (Fsp3) is 0.200. The van der Waals surface area contributed by atoms with Gasteiger partial charge in [-0.15, -0.1) is 0 Å². The topological polar surface area (TPSA) is 52.0 Å². The fourth-order valence-electron chi connectivity index (χ4n) is 0.978. The van der Waals surface area contributed by atoms with Crippen molar-refractivity contribution in [3.05, 3.63) is 35.9 Å². The fourth-order valence-corrected chi connectivity index (χ4v) is 0.978. The molecule has 0 unspecified atom stereocenters. The van der Waals surface area contributed by atoms with E-state index < -0.39 is 0 Å². The summed E-state index contributed by atoms with van der Waals surface area (Å²) in [6.45, 7) is 0.693. The van der Waals surface area contributed by atoms with Gasteiger partial charge in [0.25, 0.3) is 0 Å². The number of benzene rings is 1. The highest BCUT2D eigenvalue weighted by Crippen LogP contribution is 2.08. The van der Waals surface area contributed by atoms with Gasteiger partial charge in [0.05, 0.1) is 0 Å². The summed E-state index contributed by atoms with van der Waals surface area (Å²) in [5.74, 6) is 0. The second-order valence-corrected chi connectivity index (χ2v) is 2.65. The molecule has 0 aliphatic carbocycles. The first-order chi connectivity index (χ1) is 5.83. The Labute approximate surface area is 72.9 Å². The lowest BCUT2D eigenvalue weighted by Crippen LogP contribution is -1.94. The molecule has 0 saturated heterocycles. The molecule has 0 aliphatic heterocycles. The van der Waals surface area contributed by atoms with E-state index in [1.807, 2.05) is 30.3 Å². The largest absolute Gasteiger partial charge is 0.399 e. The van der Waals surface area contributed by atoms with Crippen molar-refractivity contribution in [1.82, 2.24) is 0 Å². The van der Waals surface area contributed by atoms with E-state index >= 15 is 0 Å². The Hall–Kier alpha value is -1.28. The molecular weight excluding hydrogens is 148 g/mol. The average molecular weight is 162 g/mol. The molecule has 12 heavy (non-hydrogen) atoms. The Morgan fingerprint density at radius 3 is 2.83 bits per heavy atom. The van der Waals surface area contributed by atoms with Crippen LogP contribution in [-0.2, 0) is 0 Å². The highest BCUT2D eigenvalue weighted by atomic mass is 14.5. The predicted octanol–water partition coefficient (Wildman–Crippen LogP) is 1.63. The minimum atomic E-state index is 0.693. The second kappa shape index (κ2) is 4.57. The van der Waals surface area contributed by atoms with Gasteiger partial charge in [-0.05, 0) is 30.7 Å². The molecule has 1 aromatic rings. The smallest absolute Gasteiger partial charge is 0.0319 e. The molecule has 0 spiro atoms. The van der Waals surface area contributed by atoms with Gasteiger partial charge in [0.1, 0.15) is 0 Å². The third-order valence-electron chi connectivity index (χ3n) is 1.55. The monoisotopic (exact) mass is 162 g/mol. The number of rotatable bonds is 3. The molecule has 4 N–H and O–H groups in total. The van der Waals surface area contributed by atoms with Crippen molar-refractivity contribution in [3.8, 4) is 0 Å². The van der Waals surface area contributed by atoms with Crippen LogP contribution in [0.25, 0.3) is 6.08 Å². The van der Waals surface area contributed by atoms with Crippen molar-refractivity contribution in [2.45, 2.75) is 6.42 Å². The van der Waals surface area contributed by atoms with Crippen molar-refractivity contribution < 1.29 is 0 Å². The summed E-state index contributed by atoms with van der Waals surface area (Å²) >= 11 is 0. The summed E-state index contributed by atoms with van der Waals surface area (Å²) in [6.07, 6.45) is 4.99. The summed E-state index contributed by atoms with van der Waals surface area (Å²) in [7, 11) is 0. The van der Waals surface area contributed by atoms with Gasteiger partial charge < -0.3 is 11.5 Å². The van der Waals surface area contributed by atoms with Crippen LogP contribution in [0, 0.1) is 0 Å². The Bertz CT molecular complexity index is 266. The highest BCUT2D eigenvalue weighted by molar-refractivity contribution is 5.55. The van der Waals surface area contributed by atoms with Crippen LogP contribution in [0.15, 0.2) is 30.3 Å². The zero-order valence-electron chi connectivity index (χ0n) is 7.03. The van der Waals surface area contributed by atoms with E-state index in [0.29, 0.717) is 6.54 Å². The minimum absolute atomic E-state index is 0.693. The van der Waals surface area contributed by atoms with Crippen molar-refractivity contribution in [2.24, 2.45) is 5.73 Å². The van der Waals surface area contributed by atoms with Crippen molar-refractivity contribution in [2.75, 3.05) is 12.3 Å². The summed E-state index contributed by atoms with van der Waals surface area (Å²) < 4.78 is 0. The van der Waals surface area contributed by atoms with E-state index in [1.165, 1.54) is 0 Å². The number of nitrogens with two attached hydrogens (primary N) is 2. The van der Waals surface area contributed by atoms with E-state index in [0.717, 1.165) is 17.7 Å². The van der Waals surface area contributed by atoms with Gasteiger partial charge in [-0.2, -0.15) is 0 Å². The van der Waals surface area contributed by atoms with Crippen LogP contribution in [0.4, 0.5) is 5.69 Å². The molecule has 0 aromatic heterocycles. The Balaban J connectivity index is 2.63. The van der Waals surface area contributed by atoms with Crippen molar-refractivity contribution in [3.63, 3.8) is 0 Å². The molecule has 0 heterocycles. The van der Waals surface area contributed by atoms with E-state index in [1.54, 1.807) is 0 Å². The third kappa shape index (κ3) is 2.76. The maximum absolute atomic E-state index is 5.60. The summed E-state index contributed by atoms with van der Waals surface area (Å²) in [5.41, 5.74) is 12.9. The van der Waals surface area contributed by atoms with E-state index in [2.05, 4.69) is 6.08 Å². The normalized spacial score (nSPS) is 10.8. The minimum Gasteiger partial charge on any atom is -0.399 e. The van der Waals surface area contributed by atoms with Crippen LogP contribution < -0.4 is 11.5 Å². The van der Waals surface area contributed by atoms with Gasteiger partial charge in [0.2, 0.25) is 0 Å².